The SMILES string of the molecule is Cc1cccc(CNc2cc(C)nc(N3CCN(C(=O)c4ccco4)CC3)n2)c1. The number of hydrogen-bond donors (Lipinski definition) is 1. The van der Waals surface area contributed by atoms with Gasteiger partial charge in [0.05, 0.1) is 6.26 Å². The van der Waals surface area contributed by atoms with Gasteiger partial charge in [-0.1, -0.05) is 29.8 Å². The highest BCUT2D eigenvalue weighted by atomic mass is 16.3. The van der Waals surface area contributed by atoms with Crippen molar-refractivity contribution >= 4 is 17.7 Å². The van der Waals surface area contributed by atoms with Crippen LogP contribution in [0, 0.1) is 13.8 Å². The molecular weight excluding hydrogens is 366 g/mol. The van der Waals surface area contributed by atoms with Gasteiger partial charge in [0, 0.05) is 44.5 Å². The highest BCUT2D eigenvalue weighted by Gasteiger charge is 2.25. The number of carbonyl (C=O) groups is 1. The molecule has 1 aliphatic heterocycles. The van der Waals surface area contributed by atoms with E-state index in [-0.39, 0.29) is 5.91 Å². The predicted octanol–water partition coefficient (Wildman–Crippen LogP) is 3.26. The van der Waals surface area contributed by atoms with E-state index in [0.29, 0.717) is 44.4 Å². The van der Waals surface area contributed by atoms with Crippen LogP contribution in [0.3, 0.4) is 0 Å². The van der Waals surface area contributed by atoms with Gasteiger partial charge in [-0.15, -0.1) is 0 Å². The number of furan rings is 1. The molecule has 2 aromatic heterocycles. The quantitative estimate of drug-likeness (QED) is 0.720. The van der Waals surface area contributed by atoms with Crippen LogP contribution in [0.25, 0.3) is 0 Å². The number of nitrogens with zero attached hydrogens (tertiary/aromatic N) is 4. The molecule has 0 aliphatic carbocycles. The molecule has 1 aliphatic rings. The maximum atomic E-state index is 12.4. The summed E-state index contributed by atoms with van der Waals surface area (Å²) in [6, 6.07) is 13.8. The molecule has 3 heterocycles. The van der Waals surface area contributed by atoms with Crippen LogP contribution in [0.5, 0.6) is 0 Å². The van der Waals surface area contributed by atoms with Crippen LogP contribution < -0.4 is 10.2 Å². The minimum atomic E-state index is -0.0691. The fourth-order valence-electron chi connectivity index (χ4n) is 3.47. The highest BCUT2D eigenvalue weighted by Crippen LogP contribution is 2.18. The molecule has 1 aromatic carbocycles. The topological polar surface area (TPSA) is 74.5 Å². The Morgan fingerprint density at radius 1 is 1.07 bits per heavy atom. The van der Waals surface area contributed by atoms with Gasteiger partial charge in [0.2, 0.25) is 5.95 Å². The van der Waals surface area contributed by atoms with Gasteiger partial charge in [0.1, 0.15) is 5.82 Å². The number of anilines is 2. The number of nitrogens with one attached hydrogen (secondary N) is 1. The molecule has 0 bridgehead atoms. The van der Waals surface area contributed by atoms with Crippen molar-refractivity contribution in [1.82, 2.24) is 14.9 Å². The molecule has 4 rings (SSSR count). The number of benzene rings is 1. The van der Waals surface area contributed by atoms with Crippen LogP contribution in [-0.4, -0.2) is 47.0 Å². The predicted molar refractivity (Wildman–Crippen MR) is 112 cm³/mol. The highest BCUT2D eigenvalue weighted by molar-refractivity contribution is 5.91. The maximum absolute atomic E-state index is 12.4. The van der Waals surface area contributed by atoms with Gasteiger partial charge in [0.25, 0.3) is 5.91 Å². The summed E-state index contributed by atoms with van der Waals surface area (Å²) in [5.41, 5.74) is 3.37. The average Bonchev–Trinajstić information content (AvgIpc) is 3.26. The monoisotopic (exact) mass is 391 g/mol. The van der Waals surface area contributed by atoms with Crippen molar-refractivity contribution in [3.05, 3.63) is 71.3 Å². The fraction of sp³-hybridized carbons (Fsp3) is 0.318. The van der Waals surface area contributed by atoms with Crippen LogP contribution in [0.1, 0.15) is 27.4 Å². The van der Waals surface area contributed by atoms with E-state index in [1.807, 2.05) is 17.9 Å². The number of aromatic nitrogens is 2. The van der Waals surface area contributed by atoms with E-state index in [1.54, 1.807) is 12.1 Å². The van der Waals surface area contributed by atoms with Crippen LogP contribution in [0.2, 0.25) is 0 Å². The van der Waals surface area contributed by atoms with Gasteiger partial charge >= 0.3 is 0 Å². The molecule has 0 atom stereocenters. The summed E-state index contributed by atoms with van der Waals surface area (Å²) >= 11 is 0. The zero-order chi connectivity index (χ0) is 20.2. The number of amides is 1. The van der Waals surface area contributed by atoms with E-state index < -0.39 is 0 Å². The Labute approximate surface area is 170 Å². The van der Waals surface area contributed by atoms with E-state index in [4.69, 9.17) is 9.40 Å². The molecule has 1 N–H and O–H groups in total. The van der Waals surface area contributed by atoms with Crippen molar-refractivity contribution in [3.8, 4) is 0 Å². The summed E-state index contributed by atoms with van der Waals surface area (Å²) in [5, 5.41) is 3.40. The molecule has 29 heavy (non-hydrogen) atoms. The lowest BCUT2D eigenvalue weighted by molar-refractivity contribution is 0.0714. The molecule has 1 fully saturated rings. The van der Waals surface area contributed by atoms with Gasteiger partial charge in [0.15, 0.2) is 5.76 Å². The second kappa shape index (κ2) is 8.34. The lowest BCUT2D eigenvalue weighted by atomic mass is 10.1. The van der Waals surface area contributed by atoms with Crippen LogP contribution >= 0.6 is 0 Å². The Morgan fingerprint density at radius 2 is 1.90 bits per heavy atom. The first-order chi connectivity index (χ1) is 14.1. The van der Waals surface area contributed by atoms with Gasteiger partial charge in [-0.25, -0.2) is 4.98 Å². The van der Waals surface area contributed by atoms with Gasteiger partial charge in [-0.2, -0.15) is 4.98 Å². The van der Waals surface area contributed by atoms with Crippen molar-refractivity contribution in [1.29, 1.82) is 0 Å². The molecule has 0 saturated carbocycles. The number of carbonyl (C=O) groups excluding carboxylic acids is 1. The van der Waals surface area contributed by atoms with Gasteiger partial charge in [-0.05, 0) is 31.5 Å². The van der Waals surface area contributed by atoms with Crippen molar-refractivity contribution in [2.75, 3.05) is 36.4 Å². The maximum Gasteiger partial charge on any atom is 0.289 e. The first-order valence-electron chi connectivity index (χ1n) is 9.81. The summed E-state index contributed by atoms with van der Waals surface area (Å²) in [6.07, 6.45) is 1.52. The van der Waals surface area contributed by atoms with Crippen LogP contribution in [-0.2, 0) is 6.54 Å². The third-order valence-corrected chi connectivity index (χ3v) is 4.98. The lowest BCUT2D eigenvalue weighted by Crippen LogP contribution is -2.49. The van der Waals surface area contributed by atoms with E-state index >= 15 is 0 Å². The van der Waals surface area contributed by atoms with Crippen molar-refractivity contribution in [2.45, 2.75) is 20.4 Å². The third-order valence-electron chi connectivity index (χ3n) is 4.98. The summed E-state index contributed by atoms with van der Waals surface area (Å²) in [7, 11) is 0. The number of aryl methyl sites for hydroxylation is 2. The zero-order valence-electron chi connectivity index (χ0n) is 16.8. The molecule has 1 amide bonds. The normalized spacial score (nSPS) is 14.1. The molecular formula is C22H25N5O2. The number of rotatable bonds is 5. The number of hydrogen-bond acceptors (Lipinski definition) is 6. The number of piperazine rings is 1. The summed E-state index contributed by atoms with van der Waals surface area (Å²) in [5.74, 6) is 1.82. The Morgan fingerprint density at radius 3 is 2.62 bits per heavy atom. The van der Waals surface area contributed by atoms with Crippen molar-refractivity contribution in [3.63, 3.8) is 0 Å². The van der Waals surface area contributed by atoms with E-state index in [2.05, 4.69) is 46.4 Å². The molecule has 1 saturated heterocycles. The molecule has 7 nitrogen and oxygen atoms in total. The average molecular weight is 391 g/mol. The second-order valence-corrected chi connectivity index (χ2v) is 7.29. The molecule has 0 spiro atoms. The van der Waals surface area contributed by atoms with Crippen molar-refractivity contribution < 1.29 is 9.21 Å². The summed E-state index contributed by atoms with van der Waals surface area (Å²) in [6.45, 7) is 7.38. The van der Waals surface area contributed by atoms with Gasteiger partial charge in [-0.3, -0.25) is 4.79 Å². The standard InChI is InChI=1S/C22H25N5O2/c1-16-5-3-6-18(13-16)15-23-20-14-17(2)24-22(25-20)27-10-8-26(9-11-27)21(28)19-7-4-12-29-19/h3-7,12-14H,8-11,15H2,1-2H3,(H,23,24,25). The summed E-state index contributed by atoms with van der Waals surface area (Å²) in [4.78, 5) is 25.7. The molecule has 3 aromatic rings. The summed E-state index contributed by atoms with van der Waals surface area (Å²) < 4.78 is 5.22. The molecule has 150 valence electrons. The van der Waals surface area contributed by atoms with E-state index in [1.165, 1.54) is 17.4 Å². The van der Waals surface area contributed by atoms with E-state index in [9.17, 15) is 4.79 Å². The fourth-order valence-corrected chi connectivity index (χ4v) is 3.47. The van der Waals surface area contributed by atoms with Crippen molar-refractivity contribution in [2.24, 2.45) is 0 Å². The van der Waals surface area contributed by atoms with Crippen LogP contribution in [0.4, 0.5) is 11.8 Å². The zero-order valence-corrected chi connectivity index (χ0v) is 16.8. The Kier molecular flexibility index (Phi) is 5.46. The van der Waals surface area contributed by atoms with Gasteiger partial charge < -0.3 is 19.5 Å². The molecule has 7 heteroatoms. The van der Waals surface area contributed by atoms with E-state index in [0.717, 1.165) is 11.5 Å². The first-order valence-corrected chi connectivity index (χ1v) is 9.81. The third kappa shape index (κ3) is 4.56. The minimum Gasteiger partial charge on any atom is -0.459 e. The Balaban J connectivity index is 1.39. The first kappa shape index (κ1) is 19.0. The minimum absolute atomic E-state index is 0.0691. The molecule has 0 radical (unpaired) electrons. The molecule has 0 unspecified atom stereocenters. The lowest BCUT2D eigenvalue weighted by Gasteiger charge is -2.34. The Hall–Kier alpha value is -3.35. The van der Waals surface area contributed by atoms with Crippen LogP contribution in [0.15, 0.2) is 53.1 Å². The Bertz CT molecular complexity index is 979. The smallest absolute Gasteiger partial charge is 0.289 e. The largest absolute Gasteiger partial charge is 0.459 e. The second-order valence-electron chi connectivity index (χ2n) is 7.29.